The zero-order chi connectivity index (χ0) is 16.3. The van der Waals surface area contributed by atoms with Crippen LogP contribution in [0, 0.1) is 12.7 Å². The van der Waals surface area contributed by atoms with Crippen molar-refractivity contribution in [3.63, 3.8) is 0 Å². The topological polar surface area (TPSA) is 55.4 Å². The van der Waals surface area contributed by atoms with Gasteiger partial charge in [0, 0.05) is 5.02 Å². The Morgan fingerprint density at radius 2 is 1.95 bits per heavy atom. The Hall–Kier alpha value is -1.79. The number of aryl methyl sites for hydroxylation is 1. The van der Waals surface area contributed by atoms with E-state index in [0.717, 1.165) is 6.07 Å². The van der Waals surface area contributed by atoms with Gasteiger partial charge in [-0.1, -0.05) is 17.7 Å². The van der Waals surface area contributed by atoms with Gasteiger partial charge in [-0.15, -0.1) is 0 Å². The van der Waals surface area contributed by atoms with Crippen molar-refractivity contribution < 1.29 is 17.5 Å². The molecular weight excluding hydrogens is 329 g/mol. The largest absolute Gasteiger partial charge is 0.492 e. The highest BCUT2D eigenvalue weighted by Crippen LogP contribution is 2.29. The van der Waals surface area contributed by atoms with Gasteiger partial charge >= 0.3 is 0 Å². The summed E-state index contributed by atoms with van der Waals surface area (Å²) in [6, 6.07) is 8.20. The lowest BCUT2D eigenvalue weighted by molar-refractivity contribution is 0.331. The van der Waals surface area contributed by atoms with Crippen LogP contribution in [0.1, 0.15) is 12.5 Å². The summed E-state index contributed by atoms with van der Waals surface area (Å²) in [5.41, 5.74) is 0.771. The Bertz CT molecular complexity index is 793. The molecule has 22 heavy (non-hydrogen) atoms. The molecule has 2 aromatic rings. The van der Waals surface area contributed by atoms with E-state index in [-0.39, 0.29) is 21.4 Å². The molecule has 2 rings (SSSR count). The van der Waals surface area contributed by atoms with Crippen molar-refractivity contribution in [3.8, 4) is 5.75 Å². The van der Waals surface area contributed by atoms with E-state index in [0.29, 0.717) is 12.2 Å². The first-order valence-electron chi connectivity index (χ1n) is 6.55. The predicted molar refractivity (Wildman–Crippen MR) is 84.6 cm³/mol. The van der Waals surface area contributed by atoms with Crippen LogP contribution in [0.5, 0.6) is 5.75 Å². The third kappa shape index (κ3) is 3.69. The second-order valence-electron chi connectivity index (χ2n) is 4.59. The quantitative estimate of drug-likeness (QED) is 0.893. The fourth-order valence-corrected chi connectivity index (χ4v) is 3.40. The molecule has 0 saturated heterocycles. The van der Waals surface area contributed by atoms with E-state index in [2.05, 4.69) is 4.72 Å². The number of hydrogen-bond donors (Lipinski definition) is 1. The number of ether oxygens (including phenoxy) is 1. The molecule has 0 heterocycles. The lowest BCUT2D eigenvalue weighted by atomic mass is 10.2. The Morgan fingerprint density at radius 3 is 2.64 bits per heavy atom. The van der Waals surface area contributed by atoms with Crippen molar-refractivity contribution in [2.75, 3.05) is 11.3 Å². The molecule has 0 aromatic heterocycles. The molecule has 0 spiro atoms. The van der Waals surface area contributed by atoms with Crippen molar-refractivity contribution in [2.24, 2.45) is 0 Å². The minimum atomic E-state index is -3.95. The summed E-state index contributed by atoms with van der Waals surface area (Å²) in [7, 11) is -3.95. The van der Waals surface area contributed by atoms with Crippen molar-refractivity contribution in [3.05, 3.63) is 52.8 Å². The fraction of sp³-hybridized carbons (Fsp3) is 0.200. The molecule has 0 saturated carbocycles. The van der Waals surface area contributed by atoms with Gasteiger partial charge in [-0.05, 0) is 49.7 Å². The van der Waals surface area contributed by atoms with E-state index in [1.54, 1.807) is 19.9 Å². The summed E-state index contributed by atoms with van der Waals surface area (Å²) >= 11 is 5.87. The summed E-state index contributed by atoms with van der Waals surface area (Å²) in [5, 5.41) is 0.264. The summed E-state index contributed by atoms with van der Waals surface area (Å²) in [4.78, 5) is -0.0921. The minimum Gasteiger partial charge on any atom is -0.492 e. The third-order valence-electron chi connectivity index (χ3n) is 2.94. The Labute approximate surface area is 133 Å². The molecule has 7 heteroatoms. The molecule has 2 aromatic carbocycles. The molecule has 0 aliphatic carbocycles. The summed E-state index contributed by atoms with van der Waals surface area (Å²) in [6.45, 7) is 3.73. The fourth-order valence-electron chi connectivity index (χ4n) is 1.87. The maximum atomic E-state index is 13.3. The molecule has 0 amide bonds. The lowest BCUT2D eigenvalue weighted by Crippen LogP contribution is -2.15. The number of sulfonamides is 1. The zero-order valence-corrected chi connectivity index (χ0v) is 13.6. The van der Waals surface area contributed by atoms with Gasteiger partial charge in [-0.2, -0.15) is 0 Å². The van der Waals surface area contributed by atoms with Crippen LogP contribution in [0.15, 0.2) is 41.3 Å². The molecule has 0 radical (unpaired) electrons. The van der Waals surface area contributed by atoms with Gasteiger partial charge in [-0.3, -0.25) is 4.72 Å². The molecule has 0 aliphatic rings. The van der Waals surface area contributed by atoms with Gasteiger partial charge in [0.25, 0.3) is 10.0 Å². The SMILES string of the molecule is CCOc1ccc(Cl)cc1S(=O)(=O)Nc1cc(F)ccc1C. The van der Waals surface area contributed by atoms with Crippen LogP contribution in [0.3, 0.4) is 0 Å². The van der Waals surface area contributed by atoms with Crippen LogP contribution in [0.2, 0.25) is 5.02 Å². The van der Waals surface area contributed by atoms with Gasteiger partial charge in [0.15, 0.2) is 0 Å². The number of anilines is 1. The van der Waals surface area contributed by atoms with Gasteiger partial charge < -0.3 is 4.74 Å². The molecule has 0 aliphatic heterocycles. The monoisotopic (exact) mass is 343 g/mol. The van der Waals surface area contributed by atoms with Crippen LogP contribution in [0.4, 0.5) is 10.1 Å². The first kappa shape index (κ1) is 16.6. The van der Waals surface area contributed by atoms with E-state index >= 15 is 0 Å². The van der Waals surface area contributed by atoms with Crippen LogP contribution in [0.25, 0.3) is 0 Å². The van der Waals surface area contributed by atoms with Gasteiger partial charge in [-0.25, -0.2) is 12.8 Å². The van der Waals surface area contributed by atoms with Gasteiger partial charge in [0.1, 0.15) is 16.5 Å². The molecule has 4 nitrogen and oxygen atoms in total. The highest BCUT2D eigenvalue weighted by Gasteiger charge is 2.21. The predicted octanol–water partition coefficient (Wildman–Crippen LogP) is 3.99. The van der Waals surface area contributed by atoms with E-state index in [4.69, 9.17) is 16.3 Å². The molecule has 118 valence electrons. The van der Waals surface area contributed by atoms with Gasteiger partial charge in [0.2, 0.25) is 0 Å². The standard InChI is InChI=1S/C15H15ClFNO3S/c1-3-21-14-7-5-11(16)8-15(14)22(19,20)18-13-9-12(17)6-4-10(13)2/h4-9,18H,3H2,1-2H3. The molecule has 0 unspecified atom stereocenters. The molecule has 0 fully saturated rings. The molecule has 0 bridgehead atoms. The minimum absolute atomic E-state index is 0.0921. The smallest absolute Gasteiger partial charge is 0.265 e. The molecule has 0 atom stereocenters. The van der Waals surface area contributed by atoms with Crippen LogP contribution < -0.4 is 9.46 Å². The summed E-state index contributed by atoms with van der Waals surface area (Å²) in [5.74, 6) is -0.340. The summed E-state index contributed by atoms with van der Waals surface area (Å²) in [6.07, 6.45) is 0. The van der Waals surface area contributed by atoms with E-state index in [1.807, 2.05) is 0 Å². The van der Waals surface area contributed by atoms with Crippen LogP contribution >= 0.6 is 11.6 Å². The van der Waals surface area contributed by atoms with Crippen LogP contribution in [-0.2, 0) is 10.0 Å². The van der Waals surface area contributed by atoms with Gasteiger partial charge in [0.05, 0.1) is 12.3 Å². The number of rotatable bonds is 5. The Morgan fingerprint density at radius 1 is 1.23 bits per heavy atom. The highest BCUT2D eigenvalue weighted by atomic mass is 35.5. The Kier molecular flexibility index (Phi) is 4.93. The summed E-state index contributed by atoms with van der Waals surface area (Å²) < 4.78 is 46.1. The lowest BCUT2D eigenvalue weighted by Gasteiger charge is -2.14. The van der Waals surface area contributed by atoms with E-state index in [1.165, 1.54) is 24.3 Å². The number of hydrogen-bond acceptors (Lipinski definition) is 3. The second kappa shape index (κ2) is 6.54. The molecule has 1 N–H and O–H groups in total. The van der Waals surface area contributed by atoms with Crippen molar-refractivity contribution in [1.29, 1.82) is 0 Å². The number of benzene rings is 2. The van der Waals surface area contributed by atoms with Crippen LogP contribution in [-0.4, -0.2) is 15.0 Å². The zero-order valence-electron chi connectivity index (χ0n) is 12.1. The number of halogens is 2. The maximum Gasteiger partial charge on any atom is 0.265 e. The first-order chi connectivity index (χ1) is 10.3. The average Bonchev–Trinajstić information content (AvgIpc) is 2.45. The van der Waals surface area contributed by atoms with Crippen molar-refractivity contribution >= 4 is 27.3 Å². The first-order valence-corrected chi connectivity index (χ1v) is 8.41. The highest BCUT2D eigenvalue weighted by molar-refractivity contribution is 7.92. The van der Waals surface area contributed by atoms with Crippen molar-refractivity contribution in [1.82, 2.24) is 0 Å². The number of nitrogens with one attached hydrogen (secondary N) is 1. The normalized spacial score (nSPS) is 11.3. The van der Waals surface area contributed by atoms with E-state index < -0.39 is 15.8 Å². The average molecular weight is 344 g/mol. The van der Waals surface area contributed by atoms with E-state index in [9.17, 15) is 12.8 Å². The second-order valence-corrected chi connectivity index (χ2v) is 6.68. The Balaban J connectivity index is 2.46. The third-order valence-corrected chi connectivity index (χ3v) is 4.56. The molecular formula is C15H15ClFNO3S. The van der Waals surface area contributed by atoms with Crippen molar-refractivity contribution in [2.45, 2.75) is 18.7 Å². The maximum absolute atomic E-state index is 13.3.